The van der Waals surface area contributed by atoms with Crippen LogP contribution in [0.25, 0.3) is 0 Å². The lowest BCUT2D eigenvalue weighted by Gasteiger charge is -2.31. The van der Waals surface area contributed by atoms with Crippen LogP contribution < -0.4 is 24.8 Å². The molecule has 3 aromatic rings. The van der Waals surface area contributed by atoms with Gasteiger partial charge in [-0.3, -0.25) is 9.59 Å². The Hall–Kier alpha value is -3.52. The Kier molecular flexibility index (Phi) is 8.17. The van der Waals surface area contributed by atoms with E-state index in [9.17, 15) is 9.59 Å². The van der Waals surface area contributed by atoms with Crippen molar-refractivity contribution in [3.05, 3.63) is 70.4 Å². The molecule has 8 heteroatoms. The maximum Gasteiger partial charge on any atom is 0.262 e. The molecule has 0 radical (unpaired) electrons. The van der Waals surface area contributed by atoms with Gasteiger partial charge in [0.1, 0.15) is 5.75 Å². The molecule has 2 N–H and O–H groups in total. The first-order valence-corrected chi connectivity index (χ1v) is 11.7. The van der Waals surface area contributed by atoms with Gasteiger partial charge in [0.2, 0.25) is 0 Å². The number of rotatable bonds is 9. The Morgan fingerprint density at radius 1 is 0.941 bits per heavy atom. The molecule has 34 heavy (non-hydrogen) atoms. The molecule has 7 nitrogen and oxygen atoms in total. The Labute approximate surface area is 204 Å². The van der Waals surface area contributed by atoms with Gasteiger partial charge in [0, 0.05) is 10.4 Å². The molecule has 0 spiro atoms. The van der Waals surface area contributed by atoms with Crippen LogP contribution in [0.5, 0.6) is 17.2 Å². The maximum atomic E-state index is 13.0. The average Bonchev–Trinajstić information content (AvgIpc) is 3.35. The third kappa shape index (κ3) is 6.29. The van der Waals surface area contributed by atoms with Crippen LogP contribution >= 0.6 is 11.3 Å². The highest BCUT2D eigenvalue weighted by Gasteiger charge is 2.29. The van der Waals surface area contributed by atoms with Crippen LogP contribution in [0.15, 0.2) is 60.0 Å². The second-order valence-corrected chi connectivity index (χ2v) is 9.67. The van der Waals surface area contributed by atoms with E-state index < -0.39 is 0 Å². The molecule has 1 atom stereocenters. The summed E-state index contributed by atoms with van der Waals surface area (Å²) in [4.78, 5) is 26.5. The summed E-state index contributed by atoms with van der Waals surface area (Å²) in [5, 5.41) is 7.89. The number of hydrogen-bond donors (Lipinski definition) is 2. The second-order valence-electron chi connectivity index (χ2n) is 8.69. The summed E-state index contributed by atoms with van der Waals surface area (Å²) in [5.74, 6) is 0.713. The Morgan fingerprint density at radius 2 is 1.68 bits per heavy atom. The van der Waals surface area contributed by atoms with E-state index >= 15 is 0 Å². The standard InChI is InChI=1S/C26H30N2O5S/c1-26(2,3)24(22-11-8-14-34-22)28-25(30)17-12-13-20(21(15-17)32-5)33-16-23(29)27-18-9-6-7-10-19(18)31-4/h6-15,24H,16H2,1-5H3,(H,27,29)(H,28,30). The normalized spacial score (nSPS) is 11.9. The van der Waals surface area contributed by atoms with Crippen LogP contribution in [0, 0.1) is 5.41 Å². The van der Waals surface area contributed by atoms with E-state index in [4.69, 9.17) is 14.2 Å². The number of para-hydroxylation sites is 2. The van der Waals surface area contributed by atoms with Crippen LogP contribution in [-0.4, -0.2) is 32.6 Å². The van der Waals surface area contributed by atoms with Gasteiger partial charge in [0.25, 0.3) is 11.8 Å². The predicted octanol–water partition coefficient (Wildman–Crippen LogP) is 5.30. The number of thiophene rings is 1. The van der Waals surface area contributed by atoms with Crippen molar-refractivity contribution < 1.29 is 23.8 Å². The second kappa shape index (κ2) is 11.1. The molecule has 3 rings (SSSR count). The van der Waals surface area contributed by atoms with Crippen molar-refractivity contribution in [1.82, 2.24) is 5.32 Å². The van der Waals surface area contributed by atoms with Gasteiger partial charge in [-0.1, -0.05) is 39.0 Å². The summed E-state index contributed by atoms with van der Waals surface area (Å²) < 4.78 is 16.3. The van der Waals surface area contributed by atoms with Gasteiger partial charge in [-0.25, -0.2) is 0 Å². The van der Waals surface area contributed by atoms with Crippen molar-refractivity contribution >= 4 is 28.8 Å². The zero-order valence-electron chi connectivity index (χ0n) is 20.0. The molecular weight excluding hydrogens is 452 g/mol. The summed E-state index contributed by atoms with van der Waals surface area (Å²) in [6, 6.07) is 15.9. The molecule has 2 amide bonds. The van der Waals surface area contributed by atoms with Gasteiger partial charge < -0.3 is 24.8 Å². The Morgan fingerprint density at radius 3 is 2.32 bits per heavy atom. The molecule has 0 fully saturated rings. The zero-order chi connectivity index (χ0) is 24.7. The van der Waals surface area contributed by atoms with E-state index in [2.05, 4.69) is 31.4 Å². The molecule has 0 saturated carbocycles. The Bertz CT molecular complexity index is 1120. The number of nitrogens with one attached hydrogen (secondary N) is 2. The first-order chi connectivity index (χ1) is 16.2. The number of methoxy groups -OCH3 is 2. The van der Waals surface area contributed by atoms with Crippen molar-refractivity contribution in [2.24, 2.45) is 5.41 Å². The summed E-state index contributed by atoms with van der Waals surface area (Å²) in [5.41, 5.74) is 0.827. The quantitative estimate of drug-likeness (QED) is 0.432. The SMILES string of the molecule is COc1ccccc1NC(=O)COc1ccc(C(=O)NC(c2cccs2)C(C)(C)C)cc1OC. The average molecular weight is 483 g/mol. The van der Waals surface area contributed by atoms with E-state index in [1.807, 2.05) is 23.6 Å². The zero-order valence-corrected chi connectivity index (χ0v) is 20.8. The van der Waals surface area contributed by atoms with Crippen LogP contribution in [0.2, 0.25) is 0 Å². The number of carbonyl (C=O) groups excluding carboxylic acids is 2. The monoisotopic (exact) mass is 482 g/mol. The molecule has 0 bridgehead atoms. The van der Waals surface area contributed by atoms with E-state index in [-0.39, 0.29) is 29.9 Å². The van der Waals surface area contributed by atoms with Gasteiger partial charge in [-0.2, -0.15) is 0 Å². The maximum absolute atomic E-state index is 13.0. The topological polar surface area (TPSA) is 85.9 Å². The minimum Gasteiger partial charge on any atom is -0.495 e. The van der Waals surface area contributed by atoms with Gasteiger partial charge in [-0.15, -0.1) is 11.3 Å². The fourth-order valence-electron chi connectivity index (χ4n) is 3.39. The fourth-order valence-corrected chi connectivity index (χ4v) is 4.41. The molecule has 1 unspecified atom stereocenters. The molecule has 1 heterocycles. The number of anilines is 1. The molecule has 1 aromatic heterocycles. The van der Waals surface area contributed by atoms with E-state index in [0.717, 1.165) is 4.88 Å². The highest BCUT2D eigenvalue weighted by Crippen LogP contribution is 2.36. The number of amides is 2. The van der Waals surface area contributed by atoms with Gasteiger partial charge in [0.15, 0.2) is 18.1 Å². The third-order valence-electron chi connectivity index (χ3n) is 5.13. The summed E-state index contributed by atoms with van der Waals surface area (Å²) in [7, 11) is 3.02. The van der Waals surface area contributed by atoms with Gasteiger partial charge >= 0.3 is 0 Å². The van der Waals surface area contributed by atoms with E-state index in [1.165, 1.54) is 14.2 Å². The predicted molar refractivity (Wildman–Crippen MR) is 134 cm³/mol. The number of ether oxygens (including phenoxy) is 3. The molecule has 0 aliphatic heterocycles. The lowest BCUT2D eigenvalue weighted by Crippen LogP contribution is -2.36. The summed E-state index contributed by atoms with van der Waals surface area (Å²) in [6.45, 7) is 6.03. The van der Waals surface area contributed by atoms with Crippen LogP contribution in [-0.2, 0) is 4.79 Å². The molecule has 0 saturated heterocycles. The molecule has 180 valence electrons. The molecular formula is C26H30N2O5S. The van der Waals surface area contributed by atoms with Crippen molar-refractivity contribution in [3.63, 3.8) is 0 Å². The van der Waals surface area contributed by atoms with E-state index in [0.29, 0.717) is 28.5 Å². The van der Waals surface area contributed by atoms with Crippen molar-refractivity contribution in [1.29, 1.82) is 0 Å². The molecule has 0 aliphatic carbocycles. The van der Waals surface area contributed by atoms with Gasteiger partial charge in [-0.05, 0) is 47.2 Å². The highest BCUT2D eigenvalue weighted by atomic mass is 32.1. The van der Waals surface area contributed by atoms with Crippen LogP contribution in [0.4, 0.5) is 5.69 Å². The van der Waals surface area contributed by atoms with Crippen LogP contribution in [0.3, 0.4) is 0 Å². The van der Waals surface area contributed by atoms with Crippen LogP contribution in [0.1, 0.15) is 42.0 Å². The van der Waals surface area contributed by atoms with Crippen molar-refractivity contribution in [2.75, 3.05) is 26.1 Å². The van der Waals surface area contributed by atoms with Gasteiger partial charge in [0.05, 0.1) is 25.9 Å². The fraction of sp³-hybridized carbons (Fsp3) is 0.308. The van der Waals surface area contributed by atoms with Crippen molar-refractivity contribution in [2.45, 2.75) is 26.8 Å². The first-order valence-electron chi connectivity index (χ1n) is 10.8. The largest absolute Gasteiger partial charge is 0.495 e. The number of benzene rings is 2. The molecule has 2 aromatic carbocycles. The lowest BCUT2D eigenvalue weighted by atomic mass is 9.85. The summed E-state index contributed by atoms with van der Waals surface area (Å²) in [6.07, 6.45) is 0. The minimum absolute atomic E-state index is 0.138. The highest BCUT2D eigenvalue weighted by molar-refractivity contribution is 7.10. The number of carbonyl (C=O) groups is 2. The minimum atomic E-state index is -0.350. The molecule has 0 aliphatic rings. The summed E-state index contributed by atoms with van der Waals surface area (Å²) >= 11 is 1.61. The lowest BCUT2D eigenvalue weighted by molar-refractivity contribution is -0.118. The third-order valence-corrected chi connectivity index (χ3v) is 6.07. The van der Waals surface area contributed by atoms with E-state index in [1.54, 1.807) is 47.7 Å². The van der Waals surface area contributed by atoms with Crippen molar-refractivity contribution in [3.8, 4) is 17.2 Å². The first kappa shape index (κ1) is 25.1. The number of hydrogen-bond acceptors (Lipinski definition) is 6. The smallest absolute Gasteiger partial charge is 0.262 e. The Balaban J connectivity index is 1.68.